The first-order valence-electron chi connectivity index (χ1n) is 7.75. The SMILES string of the molecule is O=C(Cc1ccc2[nH]ccc2c1)N(CCO)Cc1ccccc1. The average Bonchev–Trinajstić information content (AvgIpc) is 3.03. The van der Waals surface area contributed by atoms with Crippen molar-refractivity contribution in [1.29, 1.82) is 0 Å². The Bertz CT molecular complexity index is 780. The molecule has 0 saturated heterocycles. The van der Waals surface area contributed by atoms with Crippen LogP contribution in [-0.4, -0.2) is 34.0 Å². The summed E-state index contributed by atoms with van der Waals surface area (Å²) in [5.41, 5.74) is 3.12. The largest absolute Gasteiger partial charge is 0.395 e. The van der Waals surface area contributed by atoms with Crippen LogP contribution in [0.25, 0.3) is 10.9 Å². The van der Waals surface area contributed by atoms with Crippen molar-refractivity contribution in [3.8, 4) is 0 Å². The number of aliphatic hydroxyl groups excluding tert-OH is 1. The maximum Gasteiger partial charge on any atom is 0.227 e. The van der Waals surface area contributed by atoms with Gasteiger partial charge in [-0.05, 0) is 34.7 Å². The monoisotopic (exact) mass is 308 g/mol. The van der Waals surface area contributed by atoms with E-state index in [0.717, 1.165) is 22.0 Å². The Morgan fingerprint density at radius 3 is 2.65 bits per heavy atom. The molecule has 0 fully saturated rings. The average molecular weight is 308 g/mol. The summed E-state index contributed by atoms with van der Waals surface area (Å²) in [7, 11) is 0. The van der Waals surface area contributed by atoms with Crippen molar-refractivity contribution in [3.05, 3.63) is 71.9 Å². The van der Waals surface area contributed by atoms with Gasteiger partial charge in [0.05, 0.1) is 13.0 Å². The van der Waals surface area contributed by atoms with Gasteiger partial charge in [0, 0.05) is 24.8 Å². The smallest absolute Gasteiger partial charge is 0.227 e. The highest BCUT2D eigenvalue weighted by Crippen LogP contribution is 2.16. The molecule has 1 aromatic heterocycles. The summed E-state index contributed by atoms with van der Waals surface area (Å²) in [4.78, 5) is 17.4. The lowest BCUT2D eigenvalue weighted by atomic mass is 10.1. The van der Waals surface area contributed by atoms with Crippen LogP contribution in [0.15, 0.2) is 60.8 Å². The van der Waals surface area contributed by atoms with Gasteiger partial charge in [0.2, 0.25) is 5.91 Å². The molecule has 1 amide bonds. The summed E-state index contributed by atoms with van der Waals surface area (Å²) >= 11 is 0. The summed E-state index contributed by atoms with van der Waals surface area (Å²) < 4.78 is 0. The molecule has 0 aliphatic rings. The van der Waals surface area contributed by atoms with E-state index in [-0.39, 0.29) is 12.5 Å². The third kappa shape index (κ3) is 3.79. The molecule has 0 unspecified atom stereocenters. The molecule has 1 heterocycles. The van der Waals surface area contributed by atoms with Crippen molar-refractivity contribution in [2.45, 2.75) is 13.0 Å². The van der Waals surface area contributed by atoms with Crippen LogP contribution in [-0.2, 0) is 17.8 Å². The molecule has 4 heteroatoms. The molecule has 0 radical (unpaired) electrons. The van der Waals surface area contributed by atoms with Gasteiger partial charge in [-0.25, -0.2) is 0 Å². The standard InChI is InChI=1S/C19H20N2O2/c22-11-10-21(14-15-4-2-1-3-5-15)19(23)13-16-6-7-18-17(12-16)8-9-20-18/h1-9,12,20,22H,10-11,13-14H2. The summed E-state index contributed by atoms with van der Waals surface area (Å²) in [6.45, 7) is 0.835. The molecule has 3 rings (SSSR count). The van der Waals surface area contributed by atoms with E-state index in [0.29, 0.717) is 19.5 Å². The Labute approximate surface area is 135 Å². The lowest BCUT2D eigenvalue weighted by Crippen LogP contribution is -2.34. The molecule has 0 atom stereocenters. The molecule has 0 bridgehead atoms. The third-order valence-electron chi connectivity index (χ3n) is 3.91. The molecule has 2 N–H and O–H groups in total. The number of benzene rings is 2. The van der Waals surface area contributed by atoms with Gasteiger partial charge >= 0.3 is 0 Å². The number of H-pyrrole nitrogens is 1. The van der Waals surface area contributed by atoms with Crippen LogP contribution in [0.5, 0.6) is 0 Å². The topological polar surface area (TPSA) is 56.3 Å². The van der Waals surface area contributed by atoms with E-state index in [1.165, 1.54) is 0 Å². The predicted octanol–water partition coefficient (Wildman–Crippen LogP) is 2.73. The Kier molecular flexibility index (Phi) is 4.74. The van der Waals surface area contributed by atoms with E-state index < -0.39 is 0 Å². The summed E-state index contributed by atoms with van der Waals surface area (Å²) in [6.07, 6.45) is 2.23. The van der Waals surface area contributed by atoms with E-state index >= 15 is 0 Å². The maximum absolute atomic E-state index is 12.6. The molecule has 4 nitrogen and oxygen atoms in total. The minimum absolute atomic E-state index is 0.0257. The molecule has 0 saturated carbocycles. The number of nitrogens with zero attached hydrogens (tertiary/aromatic N) is 1. The van der Waals surface area contributed by atoms with Crippen molar-refractivity contribution < 1.29 is 9.90 Å². The number of rotatable bonds is 6. The Hall–Kier alpha value is -2.59. The molecular formula is C19H20N2O2. The fourth-order valence-electron chi connectivity index (χ4n) is 2.72. The number of amides is 1. The Morgan fingerprint density at radius 2 is 1.87 bits per heavy atom. The van der Waals surface area contributed by atoms with E-state index in [9.17, 15) is 9.90 Å². The lowest BCUT2D eigenvalue weighted by Gasteiger charge is -2.22. The van der Waals surface area contributed by atoms with Crippen LogP contribution in [0.4, 0.5) is 0 Å². The minimum atomic E-state index is -0.0323. The third-order valence-corrected chi connectivity index (χ3v) is 3.91. The first-order valence-corrected chi connectivity index (χ1v) is 7.75. The maximum atomic E-state index is 12.6. The molecule has 118 valence electrons. The van der Waals surface area contributed by atoms with Gasteiger partial charge in [0.15, 0.2) is 0 Å². The zero-order valence-corrected chi connectivity index (χ0v) is 12.9. The van der Waals surface area contributed by atoms with E-state index in [4.69, 9.17) is 0 Å². The number of aliphatic hydroxyl groups is 1. The van der Waals surface area contributed by atoms with E-state index in [2.05, 4.69) is 4.98 Å². The second kappa shape index (κ2) is 7.11. The second-order valence-corrected chi connectivity index (χ2v) is 5.60. The summed E-state index contributed by atoms with van der Waals surface area (Å²) in [5, 5.41) is 10.3. The summed E-state index contributed by atoms with van der Waals surface area (Å²) in [6, 6.07) is 17.8. The van der Waals surface area contributed by atoms with E-state index in [1.54, 1.807) is 4.90 Å². The van der Waals surface area contributed by atoms with Crippen molar-refractivity contribution in [1.82, 2.24) is 9.88 Å². The van der Waals surface area contributed by atoms with Gasteiger partial charge in [-0.2, -0.15) is 0 Å². The number of nitrogens with one attached hydrogen (secondary N) is 1. The minimum Gasteiger partial charge on any atom is -0.395 e. The van der Waals surface area contributed by atoms with Crippen LogP contribution >= 0.6 is 0 Å². The first-order chi connectivity index (χ1) is 11.3. The van der Waals surface area contributed by atoms with Gasteiger partial charge in [0.25, 0.3) is 0 Å². The molecule has 0 aliphatic heterocycles. The van der Waals surface area contributed by atoms with Crippen molar-refractivity contribution in [2.24, 2.45) is 0 Å². The zero-order valence-electron chi connectivity index (χ0n) is 12.9. The molecule has 0 spiro atoms. The number of carbonyl (C=O) groups is 1. The quantitative estimate of drug-likeness (QED) is 0.735. The Morgan fingerprint density at radius 1 is 1.04 bits per heavy atom. The van der Waals surface area contributed by atoms with Crippen molar-refractivity contribution in [2.75, 3.05) is 13.2 Å². The van der Waals surface area contributed by atoms with E-state index in [1.807, 2.05) is 60.8 Å². The van der Waals surface area contributed by atoms with Crippen molar-refractivity contribution >= 4 is 16.8 Å². The zero-order chi connectivity index (χ0) is 16.1. The second-order valence-electron chi connectivity index (χ2n) is 5.60. The van der Waals surface area contributed by atoms with Gasteiger partial charge in [0.1, 0.15) is 0 Å². The number of aromatic nitrogens is 1. The molecule has 2 aromatic carbocycles. The number of hydrogen-bond acceptors (Lipinski definition) is 2. The molecule has 3 aromatic rings. The lowest BCUT2D eigenvalue weighted by molar-refractivity contribution is -0.131. The highest BCUT2D eigenvalue weighted by atomic mass is 16.3. The van der Waals surface area contributed by atoms with Gasteiger partial charge in [-0.15, -0.1) is 0 Å². The van der Waals surface area contributed by atoms with Crippen LogP contribution in [0.3, 0.4) is 0 Å². The van der Waals surface area contributed by atoms with Crippen LogP contribution in [0.1, 0.15) is 11.1 Å². The number of carbonyl (C=O) groups excluding carboxylic acids is 1. The van der Waals surface area contributed by atoms with Gasteiger partial charge in [-0.3, -0.25) is 4.79 Å². The number of hydrogen-bond donors (Lipinski definition) is 2. The predicted molar refractivity (Wildman–Crippen MR) is 90.9 cm³/mol. The highest BCUT2D eigenvalue weighted by molar-refractivity contribution is 5.83. The van der Waals surface area contributed by atoms with Crippen LogP contribution < -0.4 is 0 Å². The normalized spacial score (nSPS) is 10.8. The van der Waals surface area contributed by atoms with Crippen LogP contribution in [0.2, 0.25) is 0 Å². The fraction of sp³-hybridized carbons (Fsp3) is 0.211. The van der Waals surface area contributed by atoms with Crippen LogP contribution in [0, 0.1) is 0 Å². The summed E-state index contributed by atoms with van der Waals surface area (Å²) in [5.74, 6) is 0.0257. The molecule has 23 heavy (non-hydrogen) atoms. The fourth-order valence-corrected chi connectivity index (χ4v) is 2.72. The molecule has 0 aliphatic carbocycles. The van der Waals surface area contributed by atoms with Gasteiger partial charge < -0.3 is 15.0 Å². The highest BCUT2D eigenvalue weighted by Gasteiger charge is 2.14. The van der Waals surface area contributed by atoms with Gasteiger partial charge in [-0.1, -0.05) is 36.4 Å². The number of fused-ring (bicyclic) bond motifs is 1. The first kappa shape index (κ1) is 15.3. The molecular weight excluding hydrogens is 288 g/mol. The Balaban J connectivity index is 1.72. The number of aromatic amines is 1. The van der Waals surface area contributed by atoms with Crippen molar-refractivity contribution in [3.63, 3.8) is 0 Å².